The van der Waals surface area contributed by atoms with Gasteiger partial charge >= 0.3 is 0 Å². The summed E-state index contributed by atoms with van der Waals surface area (Å²) in [5.41, 5.74) is 4.39. The van der Waals surface area contributed by atoms with E-state index in [1.54, 1.807) is 0 Å². The molecule has 1 atom stereocenters. The summed E-state index contributed by atoms with van der Waals surface area (Å²) in [6, 6.07) is 6.98. The molecule has 11 heteroatoms. The summed E-state index contributed by atoms with van der Waals surface area (Å²) in [7, 11) is -3.75. The molecule has 1 unspecified atom stereocenters. The third-order valence-corrected chi connectivity index (χ3v) is 7.66. The number of aliphatic imine (C=N–C) groups is 1. The lowest BCUT2D eigenvalue weighted by Gasteiger charge is -2.37. The monoisotopic (exact) mass is 430 g/mol. The lowest BCUT2D eigenvalue weighted by atomic mass is 9.98. The molecule has 1 aliphatic heterocycles. The van der Waals surface area contributed by atoms with Gasteiger partial charge < -0.3 is 11.1 Å². The van der Waals surface area contributed by atoms with Crippen molar-refractivity contribution in [2.45, 2.75) is 31.1 Å². The fraction of sp³-hybridized carbons (Fsp3) is 0.316. The van der Waals surface area contributed by atoms with Crippen LogP contribution in [0.25, 0.3) is 0 Å². The molecule has 0 fully saturated rings. The Kier molecular flexibility index (Phi) is 5.07. The maximum Gasteiger partial charge on any atom is 0.275 e. The molecular weight excluding hydrogens is 411 g/mol. The van der Waals surface area contributed by atoms with Crippen molar-refractivity contribution in [3.8, 4) is 6.07 Å². The third kappa shape index (κ3) is 3.61. The van der Waals surface area contributed by atoms with Crippen molar-refractivity contribution >= 4 is 27.4 Å². The topological polar surface area (TPSA) is 151 Å². The van der Waals surface area contributed by atoms with Gasteiger partial charge in [0.2, 0.25) is 0 Å². The second-order valence-corrected chi connectivity index (χ2v) is 10.1. The summed E-state index contributed by atoms with van der Waals surface area (Å²) in [6.07, 6.45) is 1.24. The second-order valence-electron chi connectivity index (χ2n) is 7.57. The number of sulfone groups is 1. The number of hydrogen-bond donors (Lipinski definition) is 2. The number of anilines is 1. The van der Waals surface area contributed by atoms with Gasteiger partial charge in [0, 0.05) is 6.20 Å². The number of halogens is 1. The molecule has 0 radical (unpaired) electrons. The highest BCUT2D eigenvalue weighted by Gasteiger charge is 2.50. The Hall–Kier alpha value is -3.39. The van der Waals surface area contributed by atoms with E-state index in [0.29, 0.717) is 5.56 Å². The molecular formula is C19H19FN6O3S. The molecule has 0 saturated carbocycles. The number of pyridine rings is 2. The SMILES string of the molecule is CC1(c2nc(NC(=O)c3ccc(C#N)cn3)ccc2F)CS(=O)(=O)C(C)(C)C(N)=N1. The molecule has 0 aliphatic carbocycles. The van der Waals surface area contributed by atoms with Crippen LogP contribution in [0.1, 0.15) is 42.5 Å². The molecule has 0 bridgehead atoms. The number of rotatable bonds is 3. The minimum absolute atomic E-state index is 0.0141. The maximum absolute atomic E-state index is 14.6. The number of carbonyl (C=O) groups excluding carboxylic acids is 1. The van der Waals surface area contributed by atoms with Gasteiger partial charge in [0.05, 0.1) is 11.3 Å². The Morgan fingerprint density at radius 2 is 1.97 bits per heavy atom. The fourth-order valence-electron chi connectivity index (χ4n) is 2.93. The first kappa shape index (κ1) is 21.3. The minimum Gasteiger partial charge on any atom is -0.386 e. The number of amides is 1. The number of nitrogens with zero attached hydrogens (tertiary/aromatic N) is 4. The highest BCUT2D eigenvalue weighted by atomic mass is 32.2. The fourth-order valence-corrected chi connectivity index (χ4v) is 4.59. The van der Waals surface area contributed by atoms with Gasteiger partial charge in [-0.25, -0.2) is 22.8 Å². The predicted octanol–water partition coefficient (Wildman–Crippen LogP) is 1.52. The number of hydrogen-bond acceptors (Lipinski definition) is 8. The lowest BCUT2D eigenvalue weighted by Crippen LogP contribution is -2.55. The van der Waals surface area contributed by atoms with Crippen molar-refractivity contribution < 1.29 is 17.6 Å². The molecule has 156 valence electrons. The van der Waals surface area contributed by atoms with Crippen LogP contribution in [0.5, 0.6) is 0 Å². The van der Waals surface area contributed by atoms with E-state index in [4.69, 9.17) is 11.0 Å². The quantitative estimate of drug-likeness (QED) is 0.749. The molecule has 1 aliphatic rings. The van der Waals surface area contributed by atoms with Crippen molar-refractivity contribution in [2.24, 2.45) is 10.7 Å². The van der Waals surface area contributed by atoms with Crippen LogP contribution < -0.4 is 11.1 Å². The van der Waals surface area contributed by atoms with Gasteiger partial charge in [0.1, 0.15) is 45.2 Å². The standard InChI is InChI=1S/C19H19FN6O3S/c1-18(2)17(22)26-19(3,10-30(18,28)29)15-12(20)5-7-14(24-15)25-16(27)13-6-4-11(8-21)9-23-13/h4-7,9H,10H2,1-3H3,(H2,22,26)(H,24,25,27). The Labute approximate surface area is 172 Å². The molecule has 9 nitrogen and oxygen atoms in total. The van der Waals surface area contributed by atoms with E-state index >= 15 is 0 Å². The number of nitriles is 1. The highest BCUT2D eigenvalue weighted by Crippen LogP contribution is 2.37. The van der Waals surface area contributed by atoms with E-state index in [2.05, 4.69) is 20.3 Å². The molecule has 2 aromatic rings. The minimum atomic E-state index is -3.75. The Bertz CT molecular complexity index is 1200. The number of nitrogens with two attached hydrogens (primary N) is 1. The van der Waals surface area contributed by atoms with Crippen LogP contribution in [0.4, 0.5) is 10.2 Å². The molecule has 2 aromatic heterocycles. The first-order valence-electron chi connectivity index (χ1n) is 8.82. The van der Waals surface area contributed by atoms with Crippen LogP contribution >= 0.6 is 0 Å². The summed E-state index contributed by atoms with van der Waals surface area (Å²) in [6.45, 7) is 4.29. The Balaban J connectivity index is 1.97. The molecule has 3 N–H and O–H groups in total. The summed E-state index contributed by atoms with van der Waals surface area (Å²) < 4.78 is 38.6. The Morgan fingerprint density at radius 3 is 2.53 bits per heavy atom. The number of aromatic nitrogens is 2. The molecule has 1 amide bonds. The van der Waals surface area contributed by atoms with Gasteiger partial charge in [-0.1, -0.05) is 0 Å². The van der Waals surface area contributed by atoms with Crippen molar-refractivity contribution in [3.63, 3.8) is 0 Å². The number of amidine groups is 1. The van der Waals surface area contributed by atoms with Gasteiger partial charge in [0.15, 0.2) is 9.84 Å². The number of carbonyl (C=O) groups is 1. The summed E-state index contributed by atoms with van der Waals surface area (Å²) in [5, 5.41) is 11.3. The largest absolute Gasteiger partial charge is 0.386 e. The van der Waals surface area contributed by atoms with Crippen molar-refractivity contribution in [1.29, 1.82) is 5.26 Å². The van der Waals surface area contributed by atoms with E-state index in [-0.39, 0.29) is 23.0 Å². The van der Waals surface area contributed by atoms with E-state index < -0.39 is 37.6 Å². The molecule has 0 aromatic carbocycles. The first-order valence-corrected chi connectivity index (χ1v) is 10.5. The van der Waals surface area contributed by atoms with Gasteiger partial charge in [0.25, 0.3) is 5.91 Å². The van der Waals surface area contributed by atoms with Crippen LogP contribution in [0.3, 0.4) is 0 Å². The van der Waals surface area contributed by atoms with Crippen LogP contribution in [-0.2, 0) is 15.4 Å². The number of nitrogens with one attached hydrogen (secondary N) is 1. The first-order chi connectivity index (χ1) is 13.9. The lowest BCUT2D eigenvalue weighted by molar-refractivity contribution is 0.102. The van der Waals surface area contributed by atoms with Crippen LogP contribution in [-0.4, -0.2) is 40.6 Å². The molecule has 30 heavy (non-hydrogen) atoms. The summed E-state index contributed by atoms with van der Waals surface area (Å²) in [4.78, 5) is 24.6. The maximum atomic E-state index is 14.6. The second kappa shape index (κ2) is 7.14. The van der Waals surface area contributed by atoms with Crippen molar-refractivity contribution in [1.82, 2.24) is 9.97 Å². The van der Waals surface area contributed by atoms with Crippen LogP contribution in [0, 0.1) is 17.1 Å². The van der Waals surface area contributed by atoms with Crippen molar-refractivity contribution in [2.75, 3.05) is 11.1 Å². The molecule has 0 spiro atoms. The van der Waals surface area contributed by atoms with Crippen LogP contribution in [0.15, 0.2) is 35.5 Å². The molecule has 3 heterocycles. The average Bonchev–Trinajstić information content (AvgIpc) is 2.67. The van der Waals surface area contributed by atoms with E-state index in [0.717, 1.165) is 6.07 Å². The van der Waals surface area contributed by atoms with E-state index in [1.165, 1.54) is 45.2 Å². The molecule has 3 rings (SSSR count). The van der Waals surface area contributed by atoms with Crippen LogP contribution in [0.2, 0.25) is 0 Å². The van der Waals surface area contributed by atoms with Crippen molar-refractivity contribution in [3.05, 3.63) is 53.2 Å². The normalized spacial score (nSPS) is 21.9. The highest BCUT2D eigenvalue weighted by molar-refractivity contribution is 7.93. The molecule has 0 saturated heterocycles. The smallest absolute Gasteiger partial charge is 0.275 e. The van der Waals surface area contributed by atoms with E-state index in [9.17, 15) is 17.6 Å². The van der Waals surface area contributed by atoms with Gasteiger partial charge in [-0.3, -0.25) is 9.79 Å². The van der Waals surface area contributed by atoms with E-state index in [1.807, 2.05) is 6.07 Å². The third-order valence-electron chi connectivity index (χ3n) is 4.96. The summed E-state index contributed by atoms with van der Waals surface area (Å²) >= 11 is 0. The van der Waals surface area contributed by atoms with Gasteiger partial charge in [-0.2, -0.15) is 5.26 Å². The predicted molar refractivity (Wildman–Crippen MR) is 108 cm³/mol. The summed E-state index contributed by atoms with van der Waals surface area (Å²) in [5.74, 6) is -2.06. The zero-order valence-electron chi connectivity index (χ0n) is 16.5. The zero-order chi connectivity index (χ0) is 22.3. The van der Waals surface area contributed by atoms with Gasteiger partial charge in [-0.15, -0.1) is 0 Å². The average molecular weight is 430 g/mol. The van der Waals surface area contributed by atoms with Gasteiger partial charge in [-0.05, 0) is 45.0 Å². The Morgan fingerprint density at radius 1 is 1.27 bits per heavy atom. The zero-order valence-corrected chi connectivity index (χ0v) is 17.3.